The number of carbonyl (C=O) groups excluding carboxylic acids is 1. The number of aliphatic carboxylic acids is 1. The molecule has 24 heavy (non-hydrogen) atoms. The molecule has 1 N–H and O–H groups in total. The van der Waals surface area contributed by atoms with Crippen molar-refractivity contribution in [2.75, 3.05) is 27.7 Å². The van der Waals surface area contributed by atoms with Crippen LogP contribution in [0.5, 0.6) is 0 Å². The smallest absolute Gasteiger partial charge is 0.307 e. The van der Waals surface area contributed by atoms with Crippen LogP contribution in [0, 0.1) is 0 Å². The zero-order valence-electron chi connectivity index (χ0n) is 15.7. The minimum Gasteiger partial charge on any atom is -0.481 e. The number of allylic oxidation sites excluding steroid dienone is 4. The van der Waals surface area contributed by atoms with E-state index in [-0.39, 0.29) is 12.4 Å². The van der Waals surface area contributed by atoms with Gasteiger partial charge in [0.2, 0.25) is 0 Å². The second-order valence-electron chi connectivity index (χ2n) is 7.02. The number of likely N-dealkylation sites (N-methyl/N-ethyl adjacent to an activating group) is 1. The summed E-state index contributed by atoms with van der Waals surface area (Å²) in [6, 6.07) is 0. The molecule has 0 aliphatic carbocycles. The number of rotatable bonds is 13. The highest BCUT2D eigenvalue weighted by atomic mass is 16.5. The number of nitrogens with zero attached hydrogens (tertiary/aromatic N) is 1. The molecule has 0 aromatic carbocycles. The van der Waals surface area contributed by atoms with Gasteiger partial charge in [-0.25, -0.2) is 0 Å². The van der Waals surface area contributed by atoms with Gasteiger partial charge in [-0.3, -0.25) is 9.59 Å². The summed E-state index contributed by atoms with van der Waals surface area (Å²) < 4.78 is 5.90. The molecule has 5 heteroatoms. The number of carboxylic acid groups (broad SMARTS) is 1. The van der Waals surface area contributed by atoms with Crippen LogP contribution in [0.4, 0.5) is 0 Å². The molecule has 5 nitrogen and oxygen atoms in total. The Morgan fingerprint density at radius 3 is 2.33 bits per heavy atom. The second kappa shape index (κ2) is 12.8. The van der Waals surface area contributed by atoms with Crippen LogP contribution in [0.15, 0.2) is 24.3 Å². The van der Waals surface area contributed by atoms with Crippen molar-refractivity contribution in [1.82, 2.24) is 0 Å². The highest BCUT2D eigenvalue weighted by Crippen LogP contribution is 2.09. The van der Waals surface area contributed by atoms with Crippen molar-refractivity contribution < 1.29 is 23.9 Å². The maximum atomic E-state index is 11.9. The molecule has 1 atom stereocenters. The van der Waals surface area contributed by atoms with Crippen LogP contribution in [0.25, 0.3) is 0 Å². The first-order valence-corrected chi connectivity index (χ1v) is 8.76. The molecule has 0 bridgehead atoms. The second-order valence-corrected chi connectivity index (χ2v) is 7.02. The standard InChI is InChI=1S/C19H33NO4/c1-5-6-7-8-9-10-11-12-13-14-19(23)24-17(15-18(21)22)16-20(2,3)4/h6-7,9-10,17H,5,8,11-16H2,1-4H3/p+1/b7-6+,10-9+. The minimum atomic E-state index is -0.941. The number of hydrogen-bond donors (Lipinski definition) is 1. The van der Waals surface area contributed by atoms with Gasteiger partial charge >= 0.3 is 11.9 Å². The quantitative estimate of drug-likeness (QED) is 0.241. The van der Waals surface area contributed by atoms with Crippen LogP contribution in [-0.2, 0) is 14.3 Å². The van der Waals surface area contributed by atoms with Gasteiger partial charge in [0.05, 0.1) is 27.6 Å². The van der Waals surface area contributed by atoms with Crippen LogP contribution in [0.1, 0.15) is 51.9 Å². The predicted molar refractivity (Wildman–Crippen MR) is 96.7 cm³/mol. The highest BCUT2D eigenvalue weighted by molar-refractivity contribution is 5.71. The Hall–Kier alpha value is -1.62. The lowest BCUT2D eigenvalue weighted by molar-refractivity contribution is -0.873. The van der Waals surface area contributed by atoms with Crippen molar-refractivity contribution >= 4 is 11.9 Å². The van der Waals surface area contributed by atoms with Crippen molar-refractivity contribution in [2.45, 2.75) is 58.0 Å². The van der Waals surface area contributed by atoms with Crippen LogP contribution in [0.2, 0.25) is 0 Å². The van der Waals surface area contributed by atoms with E-state index in [1.165, 1.54) is 0 Å². The first-order chi connectivity index (χ1) is 11.2. The molecule has 0 amide bonds. The SMILES string of the molecule is CC/C=C/C/C=C/CCCCC(=O)OC(CC(=O)O)C[N+](C)(C)C. The molecule has 0 heterocycles. The molecular formula is C19H34NO4+. The fraction of sp³-hybridized carbons (Fsp3) is 0.684. The highest BCUT2D eigenvalue weighted by Gasteiger charge is 2.24. The Morgan fingerprint density at radius 2 is 1.75 bits per heavy atom. The number of carboxylic acids is 1. The number of unbranched alkanes of at least 4 members (excludes halogenated alkanes) is 2. The van der Waals surface area contributed by atoms with E-state index in [2.05, 4.69) is 31.2 Å². The summed E-state index contributed by atoms with van der Waals surface area (Å²) in [7, 11) is 5.85. The van der Waals surface area contributed by atoms with Gasteiger partial charge in [-0.15, -0.1) is 0 Å². The summed E-state index contributed by atoms with van der Waals surface area (Å²) in [6.45, 7) is 2.60. The molecule has 0 aliphatic heterocycles. The number of hydrogen-bond acceptors (Lipinski definition) is 3. The Labute approximate surface area is 146 Å². The van der Waals surface area contributed by atoms with Crippen molar-refractivity contribution in [3.8, 4) is 0 Å². The molecule has 0 saturated carbocycles. The molecule has 0 saturated heterocycles. The van der Waals surface area contributed by atoms with Crippen molar-refractivity contribution in [3.05, 3.63) is 24.3 Å². The monoisotopic (exact) mass is 340 g/mol. The Bertz CT molecular complexity index is 422. The van der Waals surface area contributed by atoms with E-state index in [1.807, 2.05) is 21.1 Å². The lowest BCUT2D eigenvalue weighted by atomic mass is 10.1. The third-order valence-corrected chi connectivity index (χ3v) is 3.29. The molecule has 0 spiro atoms. The Morgan fingerprint density at radius 1 is 1.08 bits per heavy atom. The number of carbonyl (C=O) groups is 2. The summed E-state index contributed by atoms with van der Waals surface area (Å²) in [4.78, 5) is 22.8. The van der Waals surface area contributed by atoms with E-state index in [0.717, 1.165) is 32.1 Å². The number of ether oxygens (including phenoxy) is 1. The summed E-state index contributed by atoms with van der Waals surface area (Å²) in [5.41, 5.74) is 0. The van der Waals surface area contributed by atoms with Crippen LogP contribution >= 0.6 is 0 Å². The van der Waals surface area contributed by atoms with Crippen LogP contribution < -0.4 is 0 Å². The first kappa shape index (κ1) is 22.4. The molecule has 138 valence electrons. The predicted octanol–water partition coefficient (Wildman–Crippen LogP) is 3.55. The average Bonchev–Trinajstić information content (AvgIpc) is 2.42. The molecular weight excluding hydrogens is 306 g/mol. The molecule has 0 aromatic rings. The lowest BCUT2D eigenvalue weighted by Crippen LogP contribution is -2.43. The van der Waals surface area contributed by atoms with E-state index in [9.17, 15) is 9.59 Å². The van der Waals surface area contributed by atoms with Crippen molar-refractivity contribution in [3.63, 3.8) is 0 Å². The maximum absolute atomic E-state index is 11.9. The molecule has 0 aromatic heterocycles. The summed E-state index contributed by atoms with van der Waals surface area (Å²) in [5, 5.41) is 8.93. The fourth-order valence-corrected chi connectivity index (χ4v) is 2.28. The van der Waals surface area contributed by atoms with E-state index in [0.29, 0.717) is 17.4 Å². The van der Waals surface area contributed by atoms with Gasteiger partial charge in [0, 0.05) is 6.42 Å². The van der Waals surface area contributed by atoms with E-state index < -0.39 is 12.1 Å². The minimum absolute atomic E-state index is 0.144. The summed E-state index contributed by atoms with van der Waals surface area (Å²) >= 11 is 0. The third kappa shape index (κ3) is 15.3. The zero-order chi connectivity index (χ0) is 18.4. The molecule has 1 unspecified atom stereocenters. The van der Waals surface area contributed by atoms with Crippen molar-refractivity contribution in [2.24, 2.45) is 0 Å². The van der Waals surface area contributed by atoms with Gasteiger partial charge in [0.25, 0.3) is 0 Å². The molecule has 0 rings (SSSR count). The van der Waals surface area contributed by atoms with E-state index >= 15 is 0 Å². The lowest BCUT2D eigenvalue weighted by Gasteiger charge is -2.28. The van der Waals surface area contributed by atoms with Crippen LogP contribution in [-0.4, -0.2) is 55.3 Å². The largest absolute Gasteiger partial charge is 0.481 e. The van der Waals surface area contributed by atoms with E-state index in [1.54, 1.807) is 0 Å². The number of quaternary nitrogens is 1. The van der Waals surface area contributed by atoms with Gasteiger partial charge in [-0.1, -0.05) is 31.2 Å². The van der Waals surface area contributed by atoms with Crippen LogP contribution in [0.3, 0.4) is 0 Å². The van der Waals surface area contributed by atoms with E-state index in [4.69, 9.17) is 9.84 Å². The summed E-state index contributed by atoms with van der Waals surface area (Å²) in [6.07, 6.45) is 12.8. The zero-order valence-corrected chi connectivity index (χ0v) is 15.7. The molecule has 0 radical (unpaired) electrons. The first-order valence-electron chi connectivity index (χ1n) is 8.76. The average molecular weight is 340 g/mol. The molecule has 0 aliphatic rings. The topological polar surface area (TPSA) is 63.6 Å². The van der Waals surface area contributed by atoms with Gasteiger partial charge in [0.1, 0.15) is 6.54 Å². The fourth-order valence-electron chi connectivity index (χ4n) is 2.28. The summed E-state index contributed by atoms with van der Waals surface area (Å²) in [5.74, 6) is -1.24. The maximum Gasteiger partial charge on any atom is 0.307 e. The normalized spacial score (nSPS) is 13.5. The third-order valence-electron chi connectivity index (χ3n) is 3.29. The van der Waals surface area contributed by atoms with Crippen molar-refractivity contribution in [1.29, 1.82) is 0 Å². The van der Waals surface area contributed by atoms with Gasteiger partial charge in [-0.05, 0) is 32.1 Å². The van der Waals surface area contributed by atoms with Gasteiger partial charge in [-0.2, -0.15) is 0 Å². The van der Waals surface area contributed by atoms with Gasteiger partial charge < -0.3 is 14.3 Å². The van der Waals surface area contributed by atoms with Gasteiger partial charge in [0.15, 0.2) is 6.10 Å². The Balaban J connectivity index is 3.99. The Kier molecular flexibility index (Phi) is 11.9. The number of esters is 1. The molecule has 0 fully saturated rings.